The zero-order valence-corrected chi connectivity index (χ0v) is 27.2. The first-order valence-electron chi connectivity index (χ1n) is 15.9. The molecule has 0 aliphatic heterocycles. The van der Waals surface area contributed by atoms with Crippen LogP contribution in [0, 0.1) is 0 Å². The molecule has 0 saturated heterocycles. The van der Waals surface area contributed by atoms with E-state index in [0.717, 1.165) is 25.4 Å². The molecule has 0 bridgehead atoms. The van der Waals surface area contributed by atoms with Crippen molar-refractivity contribution in [3.63, 3.8) is 0 Å². The van der Waals surface area contributed by atoms with Crippen LogP contribution >= 0.6 is 7.26 Å². The fourth-order valence-corrected chi connectivity index (χ4v) is 10.5. The number of hydrogen-bond acceptors (Lipinski definition) is 5. The van der Waals surface area contributed by atoms with Crippen LogP contribution in [0.3, 0.4) is 0 Å². The van der Waals surface area contributed by atoms with Crippen molar-refractivity contribution in [3.05, 3.63) is 149 Å². The van der Waals surface area contributed by atoms with Crippen molar-refractivity contribution in [1.82, 2.24) is 5.32 Å². The number of fused-ring (bicyclic) bond motifs is 1. The molecule has 6 aromatic rings. The number of ether oxygens (including phenoxy) is 1. The molecule has 0 spiro atoms. The molecule has 1 heterocycles. The summed E-state index contributed by atoms with van der Waals surface area (Å²) in [6.07, 6.45) is 3.38. The summed E-state index contributed by atoms with van der Waals surface area (Å²) < 4.78 is 11.2. The van der Waals surface area contributed by atoms with E-state index in [-0.39, 0.29) is 22.1 Å². The van der Waals surface area contributed by atoms with Gasteiger partial charge in [0, 0.05) is 18.2 Å². The van der Waals surface area contributed by atoms with E-state index in [0.29, 0.717) is 17.9 Å². The van der Waals surface area contributed by atoms with E-state index in [2.05, 4.69) is 108 Å². The Morgan fingerprint density at radius 3 is 1.89 bits per heavy atom. The number of carbonyl (C=O) groups excluding carboxylic acids is 1. The number of unbranched alkanes of at least 4 members (excludes halogenated alkanes) is 1. The van der Waals surface area contributed by atoms with Crippen molar-refractivity contribution in [2.24, 2.45) is 0 Å². The Labute approximate surface area is 275 Å². The van der Waals surface area contributed by atoms with Gasteiger partial charge in [-0.15, -0.1) is 0 Å². The summed E-state index contributed by atoms with van der Waals surface area (Å²) in [5.74, 6) is -0.162. The van der Waals surface area contributed by atoms with Gasteiger partial charge >= 0.3 is 6.09 Å². The Morgan fingerprint density at radius 1 is 0.766 bits per heavy atom. The second-order valence-electron chi connectivity index (χ2n) is 11.4. The Kier molecular flexibility index (Phi) is 9.80. The number of benzene rings is 5. The van der Waals surface area contributed by atoms with Crippen LogP contribution in [-0.2, 0) is 6.42 Å². The van der Waals surface area contributed by atoms with E-state index in [1.807, 2.05) is 12.1 Å². The van der Waals surface area contributed by atoms with E-state index in [1.165, 1.54) is 39.7 Å². The van der Waals surface area contributed by atoms with Gasteiger partial charge < -0.3 is 19.6 Å². The Morgan fingerprint density at radius 2 is 1.34 bits per heavy atom. The first-order chi connectivity index (χ1) is 23.0. The Hall–Kier alpha value is -5.19. The van der Waals surface area contributed by atoms with E-state index in [4.69, 9.17) is 9.15 Å². The summed E-state index contributed by atoms with van der Waals surface area (Å²) in [6.45, 7) is 2.13. The number of aryl methyl sites for hydroxylation is 1. The summed E-state index contributed by atoms with van der Waals surface area (Å²) in [5.41, 5.74) is 1.58. The SMILES string of the molecule is CCNC(=O)Oc1ccc2c(=O)cc(-c3ccc(CCCC[P+](c4ccccc4)(c4ccccc4)c4ccccc4)cc3)oc2c1O. The molecule has 47 heavy (non-hydrogen) atoms. The van der Waals surface area contributed by atoms with E-state index < -0.39 is 19.1 Å². The Balaban J connectivity index is 1.20. The fraction of sp³-hybridized carbons (Fsp3) is 0.150. The molecule has 236 valence electrons. The number of carbonyl (C=O) groups is 1. The van der Waals surface area contributed by atoms with Crippen LogP contribution in [-0.4, -0.2) is 23.9 Å². The molecule has 1 amide bonds. The van der Waals surface area contributed by atoms with Gasteiger partial charge in [0.05, 0.1) is 11.5 Å². The molecule has 2 N–H and O–H groups in total. The zero-order chi connectivity index (χ0) is 32.6. The monoisotopic (exact) mass is 642 g/mol. The van der Waals surface area contributed by atoms with Crippen molar-refractivity contribution in [2.45, 2.75) is 26.2 Å². The van der Waals surface area contributed by atoms with Crippen molar-refractivity contribution in [2.75, 3.05) is 12.7 Å². The number of phenolic OH excluding ortho intramolecular Hbond substituents is 1. The quantitative estimate of drug-likeness (QED) is 0.112. The first-order valence-corrected chi connectivity index (χ1v) is 17.9. The van der Waals surface area contributed by atoms with Crippen LogP contribution in [0.5, 0.6) is 11.5 Å². The molecular formula is C40H37NO5P+. The van der Waals surface area contributed by atoms with Gasteiger partial charge in [0.2, 0.25) is 5.75 Å². The number of aromatic hydroxyl groups is 1. The minimum Gasteiger partial charge on any atom is -0.502 e. The summed E-state index contributed by atoms with van der Waals surface area (Å²) in [5, 5.41) is 17.7. The van der Waals surface area contributed by atoms with Gasteiger partial charge in [-0.3, -0.25) is 4.79 Å². The highest BCUT2D eigenvalue weighted by molar-refractivity contribution is 7.95. The maximum atomic E-state index is 12.9. The zero-order valence-electron chi connectivity index (χ0n) is 26.3. The average molecular weight is 643 g/mol. The first kappa shape index (κ1) is 31.8. The lowest BCUT2D eigenvalue weighted by Crippen LogP contribution is -2.33. The van der Waals surface area contributed by atoms with Crippen LogP contribution in [0.1, 0.15) is 25.3 Å². The molecule has 0 aliphatic carbocycles. The lowest BCUT2D eigenvalue weighted by molar-refractivity contribution is 0.199. The van der Waals surface area contributed by atoms with E-state index in [1.54, 1.807) is 6.92 Å². The molecule has 0 atom stereocenters. The molecule has 5 aromatic carbocycles. The normalized spacial score (nSPS) is 11.3. The third-order valence-electron chi connectivity index (χ3n) is 8.40. The van der Waals surface area contributed by atoms with Crippen LogP contribution in [0.2, 0.25) is 0 Å². The largest absolute Gasteiger partial charge is 0.502 e. The molecule has 1 aromatic heterocycles. The van der Waals surface area contributed by atoms with Crippen molar-refractivity contribution in [1.29, 1.82) is 0 Å². The number of rotatable bonds is 11. The maximum Gasteiger partial charge on any atom is 0.412 e. The second-order valence-corrected chi connectivity index (χ2v) is 15.0. The number of nitrogens with one attached hydrogen (secondary N) is 1. The third-order valence-corrected chi connectivity index (χ3v) is 12.9. The molecule has 0 aliphatic rings. The predicted octanol–water partition coefficient (Wildman–Crippen LogP) is 7.59. The van der Waals surface area contributed by atoms with Gasteiger partial charge in [0.25, 0.3) is 0 Å². The van der Waals surface area contributed by atoms with E-state index in [9.17, 15) is 14.7 Å². The van der Waals surface area contributed by atoms with Gasteiger partial charge in [-0.2, -0.15) is 0 Å². The minimum atomic E-state index is -1.86. The fourth-order valence-electron chi connectivity index (χ4n) is 6.09. The van der Waals surface area contributed by atoms with Gasteiger partial charge in [-0.25, -0.2) is 4.79 Å². The highest BCUT2D eigenvalue weighted by atomic mass is 31.2. The molecular weight excluding hydrogens is 605 g/mol. The number of hydrogen-bond donors (Lipinski definition) is 2. The van der Waals surface area contributed by atoms with Gasteiger partial charge in [-0.1, -0.05) is 78.9 Å². The second kappa shape index (κ2) is 14.5. The smallest absolute Gasteiger partial charge is 0.412 e. The van der Waals surface area contributed by atoms with Crippen molar-refractivity contribution >= 4 is 40.2 Å². The molecule has 0 fully saturated rings. The molecule has 0 unspecified atom stereocenters. The average Bonchev–Trinajstić information content (AvgIpc) is 3.11. The molecule has 6 nitrogen and oxygen atoms in total. The topological polar surface area (TPSA) is 88.8 Å². The van der Waals surface area contributed by atoms with Crippen molar-refractivity contribution in [3.8, 4) is 22.8 Å². The van der Waals surface area contributed by atoms with E-state index >= 15 is 0 Å². The predicted molar refractivity (Wildman–Crippen MR) is 192 cm³/mol. The lowest BCUT2D eigenvalue weighted by atomic mass is 10.0. The standard InChI is InChI=1S/C40H36NO5P/c1-2-41-40(44)46-36-26-25-34-35(42)28-37(45-39(34)38(36)43)30-23-21-29(22-24-30)14-12-13-27-47(31-15-6-3-7-16-31,32-17-8-4-9-18-32)33-19-10-5-11-20-33/h3-11,15-26,28H,2,12-14,27H2,1H3,(H-,41,43,44)/p+1. The summed E-state index contributed by atoms with van der Waals surface area (Å²) in [7, 11) is -1.86. The van der Waals surface area contributed by atoms with Gasteiger partial charge in [0.15, 0.2) is 16.8 Å². The summed E-state index contributed by atoms with van der Waals surface area (Å²) in [4.78, 5) is 24.8. The highest BCUT2D eigenvalue weighted by Gasteiger charge is 2.44. The molecule has 0 saturated carbocycles. The van der Waals surface area contributed by atoms with Gasteiger partial charge in [0.1, 0.15) is 28.9 Å². The van der Waals surface area contributed by atoms with Crippen LogP contribution in [0.15, 0.2) is 143 Å². The minimum absolute atomic E-state index is 0.0274. The Bertz CT molecular complexity index is 1910. The van der Waals surface area contributed by atoms with Crippen LogP contribution in [0.4, 0.5) is 4.79 Å². The third kappa shape index (κ3) is 6.84. The van der Waals surface area contributed by atoms with Crippen molar-refractivity contribution < 1.29 is 19.1 Å². The molecule has 6 rings (SSSR count). The van der Waals surface area contributed by atoms with Gasteiger partial charge in [-0.05, 0) is 80.3 Å². The number of phenols is 1. The number of amides is 1. The highest BCUT2D eigenvalue weighted by Crippen LogP contribution is 2.56. The van der Waals surface area contributed by atoms with Crippen LogP contribution < -0.4 is 31.4 Å². The lowest BCUT2D eigenvalue weighted by Gasteiger charge is -2.27. The van der Waals surface area contributed by atoms with Crippen LogP contribution in [0.25, 0.3) is 22.3 Å². The molecule has 0 radical (unpaired) electrons. The maximum absolute atomic E-state index is 12.9. The summed E-state index contributed by atoms with van der Waals surface area (Å²) in [6, 6.07) is 45.1. The molecule has 7 heteroatoms. The summed E-state index contributed by atoms with van der Waals surface area (Å²) >= 11 is 0.